The summed E-state index contributed by atoms with van der Waals surface area (Å²) in [6, 6.07) is 8.48. The van der Waals surface area contributed by atoms with Gasteiger partial charge in [0.05, 0.1) is 6.42 Å². The Morgan fingerprint density at radius 2 is 1.94 bits per heavy atom. The molecule has 3 heteroatoms. The summed E-state index contributed by atoms with van der Waals surface area (Å²) in [6.07, 6.45) is 2.06. The first-order valence-electron chi connectivity index (χ1n) is 5.97. The summed E-state index contributed by atoms with van der Waals surface area (Å²) in [6.45, 7) is 4.40. The predicted molar refractivity (Wildman–Crippen MR) is 73.8 cm³/mol. The average Bonchev–Trinajstić information content (AvgIpc) is 2.28. The molecule has 2 atom stereocenters. The molecule has 0 saturated carbocycles. The van der Waals surface area contributed by atoms with E-state index in [1.807, 2.05) is 0 Å². The number of alkyl halides is 1. The minimum atomic E-state index is -0.761. The normalized spacial score (nSPS) is 14.3. The summed E-state index contributed by atoms with van der Waals surface area (Å²) >= 11 is 3.40. The Hall–Kier alpha value is -0.830. The van der Waals surface area contributed by atoms with E-state index in [0.29, 0.717) is 5.92 Å². The lowest BCUT2D eigenvalue weighted by Crippen LogP contribution is -2.09. The Balaban J connectivity index is 2.59. The molecule has 2 nitrogen and oxygen atoms in total. The number of benzene rings is 1. The van der Waals surface area contributed by atoms with Gasteiger partial charge in [0.25, 0.3) is 0 Å². The van der Waals surface area contributed by atoms with E-state index in [2.05, 4.69) is 54.0 Å². The summed E-state index contributed by atoms with van der Waals surface area (Å²) in [5.74, 6) is -0.175. The lowest BCUT2D eigenvalue weighted by Gasteiger charge is -2.11. The SMILES string of the molecule is CCC(C)c1ccc(CC(Br)CC(=O)O)cc1. The van der Waals surface area contributed by atoms with E-state index in [-0.39, 0.29) is 11.2 Å². The summed E-state index contributed by atoms with van der Waals surface area (Å²) < 4.78 is 0. The van der Waals surface area contributed by atoms with E-state index in [9.17, 15) is 4.79 Å². The van der Waals surface area contributed by atoms with Gasteiger partial charge >= 0.3 is 5.97 Å². The summed E-state index contributed by atoms with van der Waals surface area (Å²) in [7, 11) is 0. The standard InChI is InChI=1S/C14H19BrO2/c1-3-10(2)12-6-4-11(5-7-12)8-13(15)9-14(16)17/h4-7,10,13H,3,8-9H2,1-2H3,(H,16,17). The Labute approximate surface area is 111 Å². The van der Waals surface area contributed by atoms with Crippen LogP contribution in [0.15, 0.2) is 24.3 Å². The molecule has 1 aromatic rings. The maximum Gasteiger partial charge on any atom is 0.304 e. The number of hydrogen-bond acceptors (Lipinski definition) is 1. The maximum absolute atomic E-state index is 10.6. The molecule has 1 rings (SSSR count). The van der Waals surface area contributed by atoms with Crippen LogP contribution in [0.5, 0.6) is 0 Å². The van der Waals surface area contributed by atoms with Gasteiger partial charge in [-0.2, -0.15) is 0 Å². The smallest absolute Gasteiger partial charge is 0.304 e. The maximum atomic E-state index is 10.6. The molecule has 0 aliphatic carbocycles. The Kier molecular flexibility index (Phi) is 5.69. The molecule has 0 spiro atoms. The Morgan fingerprint density at radius 3 is 2.41 bits per heavy atom. The fourth-order valence-electron chi connectivity index (χ4n) is 1.74. The zero-order valence-electron chi connectivity index (χ0n) is 10.3. The van der Waals surface area contributed by atoms with Crippen LogP contribution in [0.3, 0.4) is 0 Å². The zero-order valence-corrected chi connectivity index (χ0v) is 11.9. The molecule has 0 aliphatic heterocycles. The second-order valence-corrected chi connectivity index (χ2v) is 5.75. The van der Waals surface area contributed by atoms with Gasteiger partial charge in [-0.15, -0.1) is 0 Å². The molecule has 1 aromatic carbocycles. The molecule has 0 heterocycles. The molecular weight excluding hydrogens is 280 g/mol. The summed E-state index contributed by atoms with van der Waals surface area (Å²) in [4.78, 5) is 10.6. The van der Waals surface area contributed by atoms with E-state index in [1.165, 1.54) is 11.1 Å². The first kappa shape index (κ1) is 14.2. The van der Waals surface area contributed by atoms with Crippen molar-refractivity contribution in [1.29, 1.82) is 0 Å². The van der Waals surface area contributed by atoms with E-state index >= 15 is 0 Å². The van der Waals surface area contributed by atoms with Gasteiger partial charge in [-0.1, -0.05) is 54.0 Å². The number of carboxylic acids is 1. The van der Waals surface area contributed by atoms with Crippen molar-refractivity contribution in [3.8, 4) is 0 Å². The first-order chi connectivity index (χ1) is 8.02. The molecule has 0 fully saturated rings. The third-order valence-corrected chi connectivity index (χ3v) is 3.66. The number of aliphatic carboxylic acids is 1. The van der Waals surface area contributed by atoms with Crippen LogP contribution in [0.4, 0.5) is 0 Å². The topological polar surface area (TPSA) is 37.3 Å². The van der Waals surface area contributed by atoms with Gasteiger partial charge in [0, 0.05) is 4.83 Å². The van der Waals surface area contributed by atoms with Crippen LogP contribution in [0, 0.1) is 0 Å². The van der Waals surface area contributed by atoms with Gasteiger partial charge < -0.3 is 5.11 Å². The zero-order chi connectivity index (χ0) is 12.8. The lowest BCUT2D eigenvalue weighted by molar-refractivity contribution is -0.136. The summed E-state index contributed by atoms with van der Waals surface area (Å²) in [5.41, 5.74) is 2.53. The monoisotopic (exact) mass is 298 g/mol. The van der Waals surface area contributed by atoms with Crippen molar-refractivity contribution in [1.82, 2.24) is 0 Å². The van der Waals surface area contributed by atoms with E-state index in [0.717, 1.165) is 12.8 Å². The fourth-order valence-corrected chi connectivity index (χ4v) is 2.39. The largest absolute Gasteiger partial charge is 0.481 e. The third-order valence-electron chi connectivity index (χ3n) is 3.01. The highest BCUT2D eigenvalue weighted by Crippen LogP contribution is 2.20. The second kappa shape index (κ2) is 6.80. The van der Waals surface area contributed by atoms with Crippen molar-refractivity contribution in [3.63, 3.8) is 0 Å². The third kappa shape index (κ3) is 4.90. The highest BCUT2D eigenvalue weighted by Gasteiger charge is 2.10. The Bertz CT molecular complexity index is 359. The second-order valence-electron chi connectivity index (χ2n) is 4.45. The molecule has 0 aliphatic rings. The fraction of sp³-hybridized carbons (Fsp3) is 0.500. The first-order valence-corrected chi connectivity index (χ1v) is 6.89. The van der Waals surface area contributed by atoms with Crippen molar-refractivity contribution < 1.29 is 9.90 Å². The molecule has 0 amide bonds. The number of halogens is 1. The van der Waals surface area contributed by atoms with Gasteiger partial charge in [0.2, 0.25) is 0 Å². The van der Waals surface area contributed by atoms with E-state index < -0.39 is 5.97 Å². The highest BCUT2D eigenvalue weighted by molar-refractivity contribution is 9.09. The highest BCUT2D eigenvalue weighted by atomic mass is 79.9. The van der Waals surface area contributed by atoms with Crippen LogP contribution in [0.1, 0.15) is 43.7 Å². The van der Waals surface area contributed by atoms with E-state index in [4.69, 9.17) is 5.11 Å². The van der Waals surface area contributed by atoms with Crippen LogP contribution in [0.2, 0.25) is 0 Å². The van der Waals surface area contributed by atoms with Crippen LogP contribution in [-0.2, 0) is 11.2 Å². The molecule has 1 N–H and O–H groups in total. The van der Waals surface area contributed by atoms with Crippen molar-refractivity contribution in [2.75, 3.05) is 0 Å². The van der Waals surface area contributed by atoms with Crippen LogP contribution >= 0.6 is 15.9 Å². The number of rotatable bonds is 6. The molecule has 2 unspecified atom stereocenters. The number of carbonyl (C=O) groups is 1. The van der Waals surface area contributed by atoms with Gasteiger partial charge in [0.15, 0.2) is 0 Å². The Morgan fingerprint density at radius 1 is 1.35 bits per heavy atom. The van der Waals surface area contributed by atoms with Crippen LogP contribution in [0.25, 0.3) is 0 Å². The quantitative estimate of drug-likeness (QED) is 0.807. The van der Waals surface area contributed by atoms with Gasteiger partial charge in [-0.05, 0) is 29.9 Å². The van der Waals surface area contributed by atoms with Gasteiger partial charge in [0.1, 0.15) is 0 Å². The molecule has 0 bridgehead atoms. The van der Waals surface area contributed by atoms with Crippen molar-refractivity contribution >= 4 is 21.9 Å². The van der Waals surface area contributed by atoms with Crippen LogP contribution in [-0.4, -0.2) is 15.9 Å². The van der Waals surface area contributed by atoms with E-state index in [1.54, 1.807) is 0 Å². The van der Waals surface area contributed by atoms with Crippen molar-refractivity contribution in [2.45, 2.75) is 43.9 Å². The minimum Gasteiger partial charge on any atom is -0.481 e. The van der Waals surface area contributed by atoms with Crippen LogP contribution < -0.4 is 0 Å². The number of carboxylic acid groups (broad SMARTS) is 1. The predicted octanol–water partition coefficient (Wildman–Crippen LogP) is 3.98. The summed E-state index contributed by atoms with van der Waals surface area (Å²) in [5, 5.41) is 8.68. The average molecular weight is 299 g/mol. The molecule has 17 heavy (non-hydrogen) atoms. The molecule has 0 aromatic heterocycles. The van der Waals surface area contributed by atoms with Crippen molar-refractivity contribution in [2.24, 2.45) is 0 Å². The minimum absolute atomic E-state index is 0.00875. The number of hydrogen-bond donors (Lipinski definition) is 1. The lowest BCUT2D eigenvalue weighted by atomic mass is 9.96. The van der Waals surface area contributed by atoms with Gasteiger partial charge in [-0.3, -0.25) is 4.79 Å². The van der Waals surface area contributed by atoms with Gasteiger partial charge in [-0.25, -0.2) is 0 Å². The molecular formula is C14H19BrO2. The van der Waals surface area contributed by atoms with Crippen molar-refractivity contribution in [3.05, 3.63) is 35.4 Å². The molecule has 0 saturated heterocycles. The molecule has 94 valence electrons. The molecule has 0 radical (unpaired) electrons.